The van der Waals surface area contributed by atoms with Gasteiger partial charge in [-0.05, 0) is 43.7 Å². The molecule has 4 rings (SSSR count). The van der Waals surface area contributed by atoms with Gasteiger partial charge in [-0.15, -0.1) is 0 Å². The first-order chi connectivity index (χ1) is 13.1. The topological polar surface area (TPSA) is 72.1 Å². The van der Waals surface area contributed by atoms with Crippen LogP contribution < -0.4 is 0 Å². The molecule has 0 bridgehead atoms. The second kappa shape index (κ2) is 7.74. The molecule has 27 heavy (non-hydrogen) atoms. The lowest BCUT2D eigenvalue weighted by Gasteiger charge is -2.36. The van der Waals surface area contributed by atoms with E-state index in [4.69, 9.17) is 4.52 Å². The highest BCUT2D eigenvalue weighted by Gasteiger charge is 2.44. The first-order valence-electron chi connectivity index (χ1n) is 9.85. The van der Waals surface area contributed by atoms with Crippen molar-refractivity contribution in [2.24, 2.45) is 5.92 Å². The van der Waals surface area contributed by atoms with E-state index < -0.39 is 5.67 Å². The molecule has 1 unspecified atom stereocenters. The summed E-state index contributed by atoms with van der Waals surface area (Å²) >= 11 is 0. The van der Waals surface area contributed by atoms with E-state index in [1.165, 1.54) is 19.3 Å². The smallest absolute Gasteiger partial charge is 0.266 e. The van der Waals surface area contributed by atoms with E-state index in [1.807, 2.05) is 0 Å². The lowest BCUT2D eigenvalue weighted by Crippen LogP contribution is -2.47. The van der Waals surface area contributed by atoms with Crippen molar-refractivity contribution in [1.29, 1.82) is 0 Å². The Bertz CT molecular complexity index is 775. The first kappa shape index (κ1) is 18.1. The van der Waals surface area contributed by atoms with E-state index in [0.717, 1.165) is 18.4 Å². The molecule has 1 saturated carbocycles. The summed E-state index contributed by atoms with van der Waals surface area (Å²) in [5.41, 5.74) is -1.05. The predicted molar refractivity (Wildman–Crippen MR) is 97.3 cm³/mol. The van der Waals surface area contributed by atoms with Crippen molar-refractivity contribution in [3.05, 3.63) is 30.4 Å². The first-order valence-corrected chi connectivity index (χ1v) is 9.85. The number of nitrogens with zero attached hydrogens (tertiary/aromatic N) is 4. The molecule has 3 heterocycles. The van der Waals surface area contributed by atoms with Gasteiger partial charge in [0.2, 0.25) is 17.4 Å². The van der Waals surface area contributed by atoms with Crippen LogP contribution in [0.3, 0.4) is 0 Å². The van der Waals surface area contributed by atoms with Crippen molar-refractivity contribution >= 4 is 5.91 Å². The zero-order chi connectivity index (χ0) is 18.7. The van der Waals surface area contributed by atoms with Crippen molar-refractivity contribution in [1.82, 2.24) is 20.0 Å². The summed E-state index contributed by atoms with van der Waals surface area (Å²) in [4.78, 5) is 22.6. The van der Waals surface area contributed by atoms with Crippen LogP contribution in [-0.4, -0.2) is 39.0 Å². The van der Waals surface area contributed by atoms with Gasteiger partial charge in [0, 0.05) is 30.9 Å². The summed E-state index contributed by atoms with van der Waals surface area (Å²) < 4.78 is 20.9. The van der Waals surface area contributed by atoms with E-state index in [1.54, 1.807) is 29.4 Å². The average molecular weight is 372 g/mol. The van der Waals surface area contributed by atoms with Crippen LogP contribution in [0.4, 0.5) is 4.39 Å². The van der Waals surface area contributed by atoms with Gasteiger partial charge in [-0.1, -0.05) is 24.4 Å². The molecule has 0 aromatic carbocycles. The molecular formula is C20H25FN4O2. The van der Waals surface area contributed by atoms with Crippen molar-refractivity contribution in [3.63, 3.8) is 0 Å². The maximum atomic E-state index is 15.6. The van der Waals surface area contributed by atoms with Crippen LogP contribution in [0, 0.1) is 5.92 Å². The molecule has 1 saturated heterocycles. The highest BCUT2D eigenvalue weighted by molar-refractivity contribution is 5.76. The Morgan fingerprint density at radius 1 is 1.22 bits per heavy atom. The van der Waals surface area contributed by atoms with Gasteiger partial charge < -0.3 is 9.42 Å². The average Bonchev–Trinajstić information content (AvgIpc) is 3.21. The summed E-state index contributed by atoms with van der Waals surface area (Å²) in [5.74, 6) is 0.806. The number of carbonyl (C=O) groups excluding carboxylic acids is 1. The zero-order valence-corrected chi connectivity index (χ0v) is 15.4. The van der Waals surface area contributed by atoms with Gasteiger partial charge in [0.1, 0.15) is 0 Å². The molecule has 0 N–H and O–H groups in total. The number of hydrogen-bond acceptors (Lipinski definition) is 5. The zero-order valence-electron chi connectivity index (χ0n) is 15.4. The maximum Gasteiger partial charge on any atom is 0.266 e. The molecular weight excluding hydrogens is 347 g/mol. The van der Waals surface area contributed by atoms with Crippen LogP contribution >= 0.6 is 0 Å². The number of pyridine rings is 1. The highest BCUT2D eigenvalue weighted by Crippen LogP contribution is 2.36. The highest BCUT2D eigenvalue weighted by atomic mass is 19.1. The number of hydrogen-bond donors (Lipinski definition) is 0. The van der Waals surface area contributed by atoms with E-state index in [2.05, 4.69) is 15.1 Å². The second-order valence-corrected chi connectivity index (χ2v) is 7.75. The van der Waals surface area contributed by atoms with Gasteiger partial charge in [-0.2, -0.15) is 4.98 Å². The number of aromatic nitrogens is 3. The monoisotopic (exact) mass is 372 g/mol. The minimum absolute atomic E-state index is 0.00344. The van der Waals surface area contributed by atoms with Crippen LogP contribution in [0.15, 0.2) is 29.0 Å². The Balaban J connectivity index is 1.45. The maximum absolute atomic E-state index is 15.6. The Labute approximate surface area is 158 Å². The molecule has 144 valence electrons. The quantitative estimate of drug-likeness (QED) is 0.814. The molecule has 1 atom stereocenters. The van der Waals surface area contributed by atoms with Crippen LogP contribution in [-0.2, 0) is 10.5 Å². The lowest BCUT2D eigenvalue weighted by molar-refractivity contribution is -0.137. The number of amides is 1. The molecule has 0 spiro atoms. The standard InChI is InChI=1S/C20H25FN4O2/c21-20(19-23-18(24-27-19)16-7-10-22-11-8-16)9-4-12-25(14-20)17(26)13-15-5-2-1-3-6-15/h7-8,10-11,15H,1-6,9,12-14H2. The van der Waals surface area contributed by atoms with Crippen molar-refractivity contribution in [2.45, 2.75) is 57.0 Å². The minimum Gasteiger partial charge on any atom is -0.339 e. The SMILES string of the molecule is O=C(CC1CCCCC1)N1CCCC(F)(c2nc(-c3ccncc3)no2)C1. The summed E-state index contributed by atoms with van der Waals surface area (Å²) in [6, 6.07) is 3.50. The second-order valence-electron chi connectivity index (χ2n) is 7.75. The summed E-state index contributed by atoms with van der Waals surface area (Å²) in [6.07, 6.45) is 10.6. The van der Waals surface area contributed by atoms with Crippen molar-refractivity contribution in [2.75, 3.05) is 13.1 Å². The van der Waals surface area contributed by atoms with E-state index in [-0.39, 0.29) is 24.8 Å². The number of halogens is 1. The van der Waals surface area contributed by atoms with Gasteiger partial charge in [0.05, 0.1) is 6.54 Å². The molecule has 0 radical (unpaired) electrons. The van der Waals surface area contributed by atoms with Gasteiger partial charge in [0.25, 0.3) is 5.89 Å². The van der Waals surface area contributed by atoms with Crippen molar-refractivity contribution in [3.8, 4) is 11.4 Å². The van der Waals surface area contributed by atoms with Gasteiger partial charge in [-0.25, -0.2) is 4.39 Å². The molecule has 2 fully saturated rings. The molecule has 1 amide bonds. The van der Waals surface area contributed by atoms with Crippen LogP contribution in [0.25, 0.3) is 11.4 Å². The number of carbonyl (C=O) groups is 1. The van der Waals surface area contributed by atoms with E-state index in [9.17, 15) is 4.79 Å². The Hall–Kier alpha value is -2.31. The van der Waals surface area contributed by atoms with Crippen LogP contribution in [0.1, 0.15) is 57.3 Å². The third-order valence-corrected chi connectivity index (χ3v) is 5.73. The number of alkyl halides is 1. The van der Waals surface area contributed by atoms with Gasteiger partial charge in [0.15, 0.2) is 0 Å². The largest absolute Gasteiger partial charge is 0.339 e. The molecule has 7 heteroatoms. The third-order valence-electron chi connectivity index (χ3n) is 5.73. The molecule has 6 nitrogen and oxygen atoms in total. The number of likely N-dealkylation sites (tertiary alicyclic amines) is 1. The summed E-state index contributed by atoms with van der Waals surface area (Å²) in [6.45, 7) is 0.596. The molecule has 1 aliphatic heterocycles. The van der Waals surface area contributed by atoms with Crippen LogP contribution in [0.2, 0.25) is 0 Å². The Morgan fingerprint density at radius 3 is 2.78 bits per heavy atom. The Morgan fingerprint density at radius 2 is 2.00 bits per heavy atom. The fourth-order valence-electron chi connectivity index (χ4n) is 4.19. The molecule has 1 aliphatic carbocycles. The van der Waals surface area contributed by atoms with Gasteiger partial charge >= 0.3 is 0 Å². The normalized spacial score (nSPS) is 24.1. The number of rotatable bonds is 4. The van der Waals surface area contributed by atoms with Crippen LogP contribution in [0.5, 0.6) is 0 Å². The summed E-state index contributed by atoms with van der Waals surface area (Å²) in [5, 5.41) is 3.91. The fraction of sp³-hybridized carbons (Fsp3) is 0.600. The van der Waals surface area contributed by atoms with E-state index in [0.29, 0.717) is 31.1 Å². The number of piperidine rings is 1. The van der Waals surface area contributed by atoms with Gasteiger partial charge in [-0.3, -0.25) is 9.78 Å². The fourth-order valence-corrected chi connectivity index (χ4v) is 4.19. The minimum atomic E-state index is -1.78. The van der Waals surface area contributed by atoms with E-state index >= 15 is 4.39 Å². The molecule has 2 aliphatic rings. The summed E-state index contributed by atoms with van der Waals surface area (Å²) in [7, 11) is 0. The molecule has 2 aromatic rings. The Kier molecular flexibility index (Phi) is 5.18. The predicted octanol–water partition coefficient (Wildman–Crippen LogP) is 3.89. The molecule has 2 aromatic heterocycles. The third kappa shape index (κ3) is 4.01. The van der Waals surface area contributed by atoms with Crippen molar-refractivity contribution < 1.29 is 13.7 Å². The lowest BCUT2D eigenvalue weighted by atomic mass is 9.86.